The Balaban J connectivity index is 1.43. The summed E-state index contributed by atoms with van der Waals surface area (Å²) >= 11 is 0. The highest BCUT2D eigenvalue weighted by Gasteiger charge is 2.32. The number of fused-ring (bicyclic) bond motifs is 1. The van der Waals surface area contributed by atoms with Gasteiger partial charge in [0.15, 0.2) is 5.82 Å². The first-order valence-electron chi connectivity index (χ1n) is 12.1. The summed E-state index contributed by atoms with van der Waals surface area (Å²) in [7, 11) is 3.43. The molecule has 1 amide bonds. The molecule has 3 aromatic heterocycles. The normalized spacial score (nSPS) is 17.8. The van der Waals surface area contributed by atoms with Gasteiger partial charge in [-0.25, -0.2) is 19.7 Å². The summed E-state index contributed by atoms with van der Waals surface area (Å²) in [6.07, 6.45) is 4.77. The summed E-state index contributed by atoms with van der Waals surface area (Å²) in [6.45, 7) is 4.33. The van der Waals surface area contributed by atoms with Gasteiger partial charge >= 0.3 is 6.09 Å². The lowest BCUT2D eigenvalue weighted by atomic mass is 10.0. The molecule has 37 heavy (non-hydrogen) atoms. The Morgan fingerprint density at radius 1 is 1.08 bits per heavy atom. The van der Waals surface area contributed by atoms with Crippen molar-refractivity contribution in [1.82, 2.24) is 29.8 Å². The van der Waals surface area contributed by atoms with Crippen LogP contribution in [-0.2, 0) is 20.8 Å². The van der Waals surface area contributed by atoms with Crippen LogP contribution in [0.3, 0.4) is 0 Å². The van der Waals surface area contributed by atoms with E-state index >= 15 is 0 Å². The molecular formula is C26H29N7O4. The SMILES string of the molecule is CCOC(=O)Nc1nc2c(-c3ncccn3)cc(-c3ccc(CN4C[C@H](OC)[C@@H](OC)C4)nc3)cc2[nH]1. The standard InChI is InChI=1S/C26H29N7O4/c1-4-37-26(34)32-25-30-20-11-17(10-19(23(20)31-25)24-27-8-5-9-28-24)16-6-7-18(29-12-16)13-33-14-21(35-2)22(15-33)36-3/h5-12,21-22H,4,13-15H2,1-3H3,(H2,30,31,32,34)/t21-,22-/m0/s1. The lowest BCUT2D eigenvalue weighted by Crippen LogP contribution is -2.27. The number of imidazole rings is 1. The van der Waals surface area contributed by atoms with E-state index in [4.69, 9.17) is 19.2 Å². The van der Waals surface area contributed by atoms with Gasteiger partial charge in [-0.2, -0.15) is 0 Å². The van der Waals surface area contributed by atoms with Gasteiger partial charge < -0.3 is 19.2 Å². The second-order valence-electron chi connectivity index (χ2n) is 8.70. The number of H-pyrrole nitrogens is 1. The van der Waals surface area contributed by atoms with Crippen LogP contribution in [0.15, 0.2) is 48.9 Å². The van der Waals surface area contributed by atoms with Gasteiger partial charge in [0.2, 0.25) is 5.95 Å². The van der Waals surface area contributed by atoms with Crippen molar-refractivity contribution in [2.75, 3.05) is 39.2 Å². The summed E-state index contributed by atoms with van der Waals surface area (Å²) in [5.74, 6) is 0.813. The van der Waals surface area contributed by atoms with E-state index in [-0.39, 0.29) is 24.8 Å². The van der Waals surface area contributed by atoms with Crippen molar-refractivity contribution in [1.29, 1.82) is 0 Å². The molecule has 1 saturated heterocycles. The molecule has 4 heterocycles. The highest BCUT2D eigenvalue weighted by Crippen LogP contribution is 2.32. The molecule has 0 bridgehead atoms. The number of carbonyl (C=O) groups is 1. The highest BCUT2D eigenvalue weighted by molar-refractivity contribution is 5.96. The molecule has 5 rings (SSSR count). The van der Waals surface area contributed by atoms with Gasteiger partial charge in [0.25, 0.3) is 0 Å². The van der Waals surface area contributed by atoms with Crippen LogP contribution >= 0.6 is 0 Å². The number of pyridine rings is 1. The van der Waals surface area contributed by atoms with Crippen molar-refractivity contribution in [2.24, 2.45) is 0 Å². The highest BCUT2D eigenvalue weighted by atomic mass is 16.5. The van der Waals surface area contributed by atoms with E-state index in [0.29, 0.717) is 17.9 Å². The predicted octanol–water partition coefficient (Wildman–Crippen LogP) is 3.50. The summed E-state index contributed by atoms with van der Waals surface area (Å²) in [5, 5.41) is 2.62. The Bertz CT molecular complexity index is 1350. The Kier molecular flexibility index (Phi) is 7.35. The Labute approximate surface area is 214 Å². The van der Waals surface area contributed by atoms with Crippen molar-refractivity contribution in [3.05, 3.63) is 54.6 Å². The number of benzene rings is 1. The lowest BCUT2D eigenvalue weighted by molar-refractivity contribution is -0.00461. The van der Waals surface area contributed by atoms with Crippen molar-refractivity contribution < 1.29 is 19.0 Å². The summed E-state index contributed by atoms with van der Waals surface area (Å²) in [5.41, 5.74) is 4.91. The fourth-order valence-electron chi connectivity index (χ4n) is 4.53. The quantitative estimate of drug-likeness (QED) is 0.371. The van der Waals surface area contributed by atoms with E-state index in [1.165, 1.54) is 0 Å². The number of hydrogen-bond donors (Lipinski definition) is 2. The minimum atomic E-state index is -0.578. The van der Waals surface area contributed by atoms with Crippen LogP contribution in [0.25, 0.3) is 33.5 Å². The largest absolute Gasteiger partial charge is 0.450 e. The number of ether oxygens (including phenoxy) is 3. The van der Waals surface area contributed by atoms with Crippen LogP contribution < -0.4 is 5.32 Å². The van der Waals surface area contributed by atoms with Gasteiger partial charge in [-0.05, 0) is 36.8 Å². The molecule has 2 N–H and O–H groups in total. The van der Waals surface area contributed by atoms with Gasteiger partial charge in [0, 0.05) is 63.6 Å². The minimum absolute atomic E-state index is 0.0623. The molecule has 0 radical (unpaired) electrons. The molecule has 11 nitrogen and oxygen atoms in total. The number of rotatable bonds is 8. The van der Waals surface area contributed by atoms with Gasteiger partial charge in [-0.3, -0.25) is 15.2 Å². The number of hydrogen-bond acceptors (Lipinski definition) is 9. The van der Waals surface area contributed by atoms with Gasteiger partial charge in [-0.1, -0.05) is 6.07 Å². The Morgan fingerprint density at radius 3 is 2.49 bits per heavy atom. The number of amides is 1. The predicted molar refractivity (Wildman–Crippen MR) is 138 cm³/mol. The van der Waals surface area contributed by atoms with Crippen LogP contribution in [0.5, 0.6) is 0 Å². The molecule has 1 aliphatic rings. The summed E-state index contributed by atoms with van der Waals surface area (Å²) < 4.78 is 16.1. The third kappa shape index (κ3) is 5.43. The second kappa shape index (κ2) is 11.0. The molecule has 1 fully saturated rings. The fraction of sp³-hybridized carbons (Fsp3) is 0.346. The Hall–Kier alpha value is -3.93. The molecule has 0 saturated carbocycles. The first-order chi connectivity index (χ1) is 18.1. The average molecular weight is 504 g/mol. The smallest absolute Gasteiger partial charge is 0.413 e. The van der Waals surface area contributed by atoms with E-state index in [0.717, 1.165) is 41.0 Å². The number of likely N-dealkylation sites (tertiary alicyclic amines) is 1. The summed E-state index contributed by atoms with van der Waals surface area (Å²) in [6, 6.07) is 9.78. The molecule has 11 heteroatoms. The maximum absolute atomic E-state index is 11.9. The zero-order chi connectivity index (χ0) is 25.8. The fourth-order valence-corrected chi connectivity index (χ4v) is 4.53. The third-order valence-corrected chi connectivity index (χ3v) is 6.33. The van der Waals surface area contributed by atoms with Crippen LogP contribution in [0, 0.1) is 0 Å². The number of anilines is 1. The van der Waals surface area contributed by atoms with Crippen LogP contribution in [0.4, 0.5) is 10.7 Å². The number of nitrogens with one attached hydrogen (secondary N) is 2. The van der Waals surface area contributed by atoms with Crippen LogP contribution in [-0.4, -0.2) is 82.0 Å². The third-order valence-electron chi connectivity index (χ3n) is 6.33. The number of nitrogens with zero attached hydrogens (tertiary/aromatic N) is 5. The molecule has 1 aromatic carbocycles. The first kappa shape index (κ1) is 24.8. The Morgan fingerprint density at radius 2 is 1.84 bits per heavy atom. The van der Waals surface area contributed by atoms with Gasteiger partial charge in [0.05, 0.1) is 30.0 Å². The average Bonchev–Trinajstić information content (AvgIpc) is 3.51. The van der Waals surface area contributed by atoms with Crippen molar-refractivity contribution in [2.45, 2.75) is 25.7 Å². The monoisotopic (exact) mass is 503 g/mol. The van der Waals surface area contributed by atoms with Crippen molar-refractivity contribution in [3.63, 3.8) is 0 Å². The topological polar surface area (TPSA) is 127 Å². The molecule has 0 unspecified atom stereocenters. The van der Waals surface area contributed by atoms with E-state index in [1.54, 1.807) is 39.6 Å². The van der Waals surface area contributed by atoms with Crippen molar-refractivity contribution in [3.8, 4) is 22.5 Å². The molecule has 0 aliphatic carbocycles. The van der Waals surface area contributed by atoms with E-state index < -0.39 is 6.09 Å². The van der Waals surface area contributed by atoms with E-state index in [9.17, 15) is 4.79 Å². The first-order valence-corrected chi connectivity index (χ1v) is 12.1. The second-order valence-corrected chi connectivity index (χ2v) is 8.70. The van der Waals surface area contributed by atoms with Gasteiger partial charge in [-0.15, -0.1) is 0 Å². The molecule has 2 atom stereocenters. The zero-order valence-corrected chi connectivity index (χ0v) is 21.0. The maximum atomic E-state index is 11.9. The number of methoxy groups -OCH3 is 2. The minimum Gasteiger partial charge on any atom is -0.450 e. The number of carbonyl (C=O) groups excluding carboxylic acids is 1. The lowest BCUT2D eigenvalue weighted by Gasteiger charge is -2.14. The molecule has 192 valence electrons. The van der Waals surface area contributed by atoms with Crippen molar-refractivity contribution >= 4 is 23.1 Å². The van der Waals surface area contributed by atoms with Crippen LogP contribution in [0.2, 0.25) is 0 Å². The molecular weight excluding hydrogens is 474 g/mol. The van der Waals surface area contributed by atoms with Crippen LogP contribution in [0.1, 0.15) is 12.6 Å². The van der Waals surface area contributed by atoms with E-state index in [2.05, 4.69) is 30.2 Å². The molecule has 4 aromatic rings. The number of aromatic nitrogens is 5. The van der Waals surface area contributed by atoms with E-state index in [1.807, 2.05) is 30.5 Å². The summed E-state index contributed by atoms with van der Waals surface area (Å²) in [4.78, 5) is 35.4. The molecule has 1 aliphatic heterocycles. The maximum Gasteiger partial charge on any atom is 0.413 e. The zero-order valence-electron chi connectivity index (χ0n) is 21.0. The number of aromatic amines is 1. The molecule has 0 spiro atoms. The van der Waals surface area contributed by atoms with Gasteiger partial charge in [0.1, 0.15) is 5.52 Å².